The van der Waals surface area contributed by atoms with E-state index < -0.39 is 0 Å². The second kappa shape index (κ2) is 1.98. The molecule has 1 aliphatic rings. The number of hydrogen-bond donors (Lipinski definition) is 0. The maximum absolute atomic E-state index is 4.95. The summed E-state index contributed by atoms with van der Waals surface area (Å²) in [4.78, 5) is 4.95. The molecule has 0 aliphatic carbocycles. The summed E-state index contributed by atoms with van der Waals surface area (Å²) in [5, 5.41) is 1.88. The number of hydroxylamine groups is 2. The van der Waals surface area contributed by atoms with Crippen LogP contribution < -0.4 is 0 Å². The van der Waals surface area contributed by atoms with Crippen molar-refractivity contribution in [3.05, 3.63) is 12.3 Å². The molecule has 0 amide bonds. The van der Waals surface area contributed by atoms with Crippen molar-refractivity contribution in [3.8, 4) is 0 Å². The van der Waals surface area contributed by atoms with Crippen LogP contribution in [0.4, 0.5) is 0 Å². The van der Waals surface area contributed by atoms with Crippen molar-refractivity contribution < 1.29 is 4.84 Å². The molecule has 0 aromatic heterocycles. The average Bonchev–Trinajstić information content (AvgIpc) is 2.14. The molecule has 7 heavy (non-hydrogen) atoms. The first-order valence-corrected chi connectivity index (χ1v) is 2.50. The molecule has 0 N–H and O–H groups in total. The van der Waals surface area contributed by atoms with E-state index in [2.05, 4.69) is 6.92 Å². The van der Waals surface area contributed by atoms with Crippen LogP contribution in [0.5, 0.6) is 0 Å². The van der Waals surface area contributed by atoms with Crippen LogP contribution in [0.1, 0.15) is 6.92 Å². The van der Waals surface area contributed by atoms with Gasteiger partial charge in [0.05, 0.1) is 6.54 Å². The van der Waals surface area contributed by atoms with Crippen LogP contribution in [-0.4, -0.2) is 18.2 Å². The molecule has 1 rings (SSSR count). The van der Waals surface area contributed by atoms with E-state index in [1.165, 1.54) is 0 Å². The molecule has 0 atom stereocenters. The molecule has 0 spiro atoms. The van der Waals surface area contributed by atoms with Crippen LogP contribution in [-0.2, 0) is 4.84 Å². The number of likely N-dealkylation sites (N-methyl/N-ethyl adjacent to an activating group) is 1. The van der Waals surface area contributed by atoms with Gasteiger partial charge in [0.15, 0.2) is 0 Å². The molecule has 0 fully saturated rings. The molecule has 0 saturated heterocycles. The lowest BCUT2D eigenvalue weighted by Crippen LogP contribution is -2.16. The molecule has 40 valence electrons. The Labute approximate surface area is 43.3 Å². The average molecular weight is 99.1 g/mol. The number of nitrogens with zero attached hydrogens (tertiary/aromatic N) is 1. The standard InChI is InChI=1S/C5H9NO/c1-2-6-4-3-5-7-6/h3,5H,2,4H2,1H3. The van der Waals surface area contributed by atoms with Crippen molar-refractivity contribution >= 4 is 0 Å². The fourth-order valence-corrected chi connectivity index (χ4v) is 0.536. The summed E-state index contributed by atoms with van der Waals surface area (Å²) in [6, 6.07) is 0. The molecular weight excluding hydrogens is 90.1 g/mol. The second-order valence-corrected chi connectivity index (χ2v) is 1.46. The Kier molecular flexibility index (Phi) is 1.32. The molecule has 0 radical (unpaired) electrons. The lowest BCUT2D eigenvalue weighted by molar-refractivity contribution is -0.0704. The molecule has 1 heterocycles. The highest BCUT2D eigenvalue weighted by atomic mass is 16.7. The van der Waals surface area contributed by atoms with Crippen LogP contribution in [0.3, 0.4) is 0 Å². The van der Waals surface area contributed by atoms with E-state index in [9.17, 15) is 0 Å². The Morgan fingerprint density at radius 3 is 3.00 bits per heavy atom. The monoisotopic (exact) mass is 99.1 g/mol. The predicted molar refractivity (Wildman–Crippen MR) is 27.5 cm³/mol. The summed E-state index contributed by atoms with van der Waals surface area (Å²) < 4.78 is 0. The zero-order valence-electron chi connectivity index (χ0n) is 4.42. The lowest BCUT2D eigenvalue weighted by atomic mass is 10.6. The van der Waals surface area contributed by atoms with Gasteiger partial charge in [-0.3, -0.25) is 0 Å². The minimum absolute atomic E-state index is 0.941. The summed E-state index contributed by atoms with van der Waals surface area (Å²) in [6.45, 7) is 3.97. The third-order valence-corrected chi connectivity index (χ3v) is 0.968. The largest absolute Gasteiger partial charge is 0.414 e. The molecule has 1 aliphatic heterocycles. The first kappa shape index (κ1) is 4.65. The van der Waals surface area contributed by atoms with Crippen LogP contribution in [0.15, 0.2) is 12.3 Å². The summed E-state index contributed by atoms with van der Waals surface area (Å²) in [7, 11) is 0. The zero-order valence-corrected chi connectivity index (χ0v) is 4.42. The summed E-state index contributed by atoms with van der Waals surface area (Å²) >= 11 is 0. The fourth-order valence-electron chi connectivity index (χ4n) is 0.536. The van der Waals surface area contributed by atoms with Crippen molar-refractivity contribution in [2.75, 3.05) is 13.1 Å². The Bertz CT molecular complexity index is 72.1. The highest BCUT2D eigenvalue weighted by molar-refractivity contribution is 4.80. The Hall–Kier alpha value is -0.500. The fraction of sp³-hybridized carbons (Fsp3) is 0.600. The van der Waals surface area contributed by atoms with Gasteiger partial charge in [-0.05, 0) is 13.0 Å². The Morgan fingerprint density at radius 2 is 2.71 bits per heavy atom. The van der Waals surface area contributed by atoms with Gasteiger partial charge in [0.2, 0.25) is 0 Å². The van der Waals surface area contributed by atoms with E-state index in [1.807, 2.05) is 11.1 Å². The van der Waals surface area contributed by atoms with E-state index in [1.54, 1.807) is 6.26 Å². The van der Waals surface area contributed by atoms with Gasteiger partial charge in [-0.1, -0.05) is 0 Å². The second-order valence-electron chi connectivity index (χ2n) is 1.46. The summed E-state index contributed by atoms with van der Waals surface area (Å²) in [5.41, 5.74) is 0. The predicted octanol–water partition coefficient (Wildman–Crippen LogP) is 0.767. The van der Waals surface area contributed by atoms with Gasteiger partial charge in [-0.2, -0.15) is 0 Å². The number of rotatable bonds is 1. The van der Waals surface area contributed by atoms with Crippen molar-refractivity contribution in [1.82, 2.24) is 5.06 Å². The van der Waals surface area contributed by atoms with Gasteiger partial charge in [0.1, 0.15) is 6.26 Å². The molecule has 0 unspecified atom stereocenters. The van der Waals surface area contributed by atoms with Gasteiger partial charge in [-0.25, -0.2) is 0 Å². The molecule has 0 aromatic rings. The maximum atomic E-state index is 4.95. The first-order valence-electron chi connectivity index (χ1n) is 2.50. The first-order chi connectivity index (χ1) is 3.43. The highest BCUT2D eigenvalue weighted by Crippen LogP contribution is 1.97. The molecule has 0 bridgehead atoms. The van der Waals surface area contributed by atoms with Gasteiger partial charge in [0.25, 0.3) is 0 Å². The third kappa shape index (κ3) is 0.933. The van der Waals surface area contributed by atoms with Gasteiger partial charge >= 0.3 is 0 Å². The minimum atomic E-state index is 0.941. The van der Waals surface area contributed by atoms with E-state index in [4.69, 9.17) is 4.84 Å². The normalized spacial score (nSPS) is 20.1. The van der Waals surface area contributed by atoms with Crippen LogP contribution in [0.2, 0.25) is 0 Å². The SMILES string of the molecule is CCN1CC=CO1. The Balaban J connectivity index is 2.22. The Morgan fingerprint density at radius 1 is 1.86 bits per heavy atom. The molecule has 2 nitrogen and oxygen atoms in total. The van der Waals surface area contributed by atoms with E-state index >= 15 is 0 Å². The van der Waals surface area contributed by atoms with Gasteiger partial charge in [0, 0.05) is 6.54 Å². The zero-order chi connectivity index (χ0) is 5.11. The topological polar surface area (TPSA) is 12.5 Å². The smallest absolute Gasteiger partial charge is 0.109 e. The van der Waals surface area contributed by atoms with Gasteiger partial charge in [-0.15, -0.1) is 5.06 Å². The third-order valence-electron chi connectivity index (χ3n) is 0.968. The summed E-state index contributed by atoms with van der Waals surface area (Å²) in [6.07, 6.45) is 3.70. The highest BCUT2D eigenvalue weighted by Gasteiger charge is 2.01. The van der Waals surface area contributed by atoms with Crippen molar-refractivity contribution in [2.24, 2.45) is 0 Å². The molecule has 2 heteroatoms. The van der Waals surface area contributed by atoms with Crippen molar-refractivity contribution in [1.29, 1.82) is 0 Å². The van der Waals surface area contributed by atoms with Crippen LogP contribution >= 0.6 is 0 Å². The summed E-state index contributed by atoms with van der Waals surface area (Å²) in [5.74, 6) is 0. The van der Waals surface area contributed by atoms with Crippen LogP contribution in [0.25, 0.3) is 0 Å². The van der Waals surface area contributed by atoms with Gasteiger partial charge < -0.3 is 4.84 Å². The molecule has 0 saturated carbocycles. The van der Waals surface area contributed by atoms with Crippen molar-refractivity contribution in [3.63, 3.8) is 0 Å². The lowest BCUT2D eigenvalue weighted by Gasteiger charge is -2.08. The maximum Gasteiger partial charge on any atom is 0.109 e. The molecule has 0 aromatic carbocycles. The molecular formula is C5H9NO. The van der Waals surface area contributed by atoms with Crippen molar-refractivity contribution in [2.45, 2.75) is 6.92 Å². The number of hydrogen-bond acceptors (Lipinski definition) is 2. The van der Waals surface area contributed by atoms with Crippen LogP contribution in [0, 0.1) is 0 Å². The minimum Gasteiger partial charge on any atom is -0.414 e. The van der Waals surface area contributed by atoms with E-state index in [-0.39, 0.29) is 0 Å². The van der Waals surface area contributed by atoms with E-state index in [0.717, 1.165) is 13.1 Å². The quantitative estimate of drug-likeness (QED) is 0.481. The van der Waals surface area contributed by atoms with E-state index in [0.29, 0.717) is 0 Å².